The number of aromatic nitrogens is 3. The Balaban J connectivity index is 1.05. The van der Waals surface area contributed by atoms with E-state index in [1.54, 1.807) is 15.5 Å². The van der Waals surface area contributed by atoms with Crippen LogP contribution < -0.4 is 11.4 Å². The quantitative estimate of drug-likeness (QED) is 0.329. The molecule has 7 rings (SSSR count). The molecule has 2 N–H and O–H groups in total. The zero-order valence-electron chi connectivity index (χ0n) is 26.3. The highest BCUT2D eigenvalue weighted by Gasteiger charge is 2.35. The minimum absolute atomic E-state index is 0.0444. The van der Waals surface area contributed by atoms with Crippen molar-refractivity contribution in [2.75, 3.05) is 39.3 Å². The van der Waals surface area contributed by atoms with Crippen LogP contribution in [0, 0.1) is 6.92 Å². The number of carbonyl (C=O) groups excluding carboxylic acids is 2. The third kappa shape index (κ3) is 6.10. The number of nitrogens with one attached hydrogen (secondary N) is 2. The number of carbonyl (C=O) groups is 2. The van der Waals surface area contributed by atoms with Crippen molar-refractivity contribution < 1.29 is 18.7 Å². The van der Waals surface area contributed by atoms with Gasteiger partial charge in [-0.05, 0) is 87.9 Å². The summed E-state index contributed by atoms with van der Waals surface area (Å²) in [6.07, 6.45) is 5.40. The number of benzene rings is 2. The van der Waals surface area contributed by atoms with Crippen LogP contribution >= 0.6 is 0 Å². The van der Waals surface area contributed by atoms with E-state index in [1.165, 1.54) is 19.3 Å². The Hall–Kier alpha value is -4.32. The number of para-hydroxylation sites is 2. The van der Waals surface area contributed by atoms with Gasteiger partial charge in [0.2, 0.25) is 0 Å². The predicted molar refractivity (Wildman–Crippen MR) is 173 cm³/mol. The Bertz CT molecular complexity index is 1830. The number of oxazole rings is 1. The standard InChI is InChI=1S/C34H42N6O6/c1-22-19-23(20-28-30(22)36-33(43)45-28)21-29(31(41)38-15-9-24(10-16-38)37-13-5-2-6-14-37)46-34(44)39-17-11-25(12-18-39)40-27-8-4-3-7-26(27)35-32(40)42/h3-4,7-8,19-20,24-25,29H,2,5-6,9-18,21H2,1H3,(H,35,42)(H,36,43). The zero-order chi connectivity index (χ0) is 31.8. The van der Waals surface area contributed by atoms with Gasteiger partial charge in [0.25, 0.3) is 5.91 Å². The summed E-state index contributed by atoms with van der Waals surface area (Å²) in [7, 11) is 0. The average molecular weight is 631 g/mol. The second kappa shape index (κ2) is 12.8. The molecule has 12 nitrogen and oxygen atoms in total. The molecule has 5 heterocycles. The lowest BCUT2D eigenvalue weighted by Crippen LogP contribution is -2.52. The number of likely N-dealkylation sites (tertiary alicyclic amines) is 3. The molecule has 1 unspecified atom stereocenters. The van der Waals surface area contributed by atoms with Crippen molar-refractivity contribution in [2.45, 2.75) is 76.5 Å². The number of imidazole rings is 1. The largest absolute Gasteiger partial charge is 0.436 e. The SMILES string of the molecule is Cc1cc(CC(OC(=O)N2CCC(n3c(=O)[nH]c4ccccc43)CC2)C(=O)N2CCC(N3CCCCC3)CC2)cc2oc(=O)[nH]c12. The van der Waals surface area contributed by atoms with Gasteiger partial charge in [0.1, 0.15) is 0 Å². The maximum Gasteiger partial charge on any atom is 0.417 e. The molecule has 0 aliphatic carbocycles. The van der Waals surface area contributed by atoms with Gasteiger partial charge in [0.15, 0.2) is 11.7 Å². The van der Waals surface area contributed by atoms with Crippen LogP contribution in [0.4, 0.5) is 4.79 Å². The van der Waals surface area contributed by atoms with Crippen LogP contribution in [0.3, 0.4) is 0 Å². The van der Waals surface area contributed by atoms with Crippen LogP contribution in [0.15, 0.2) is 50.4 Å². The van der Waals surface area contributed by atoms with E-state index in [9.17, 15) is 19.2 Å². The average Bonchev–Trinajstić information content (AvgIpc) is 3.63. The molecule has 3 aliphatic rings. The van der Waals surface area contributed by atoms with Gasteiger partial charge in [-0.1, -0.05) is 24.6 Å². The van der Waals surface area contributed by atoms with Gasteiger partial charge < -0.3 is 28.8 Å². The molecular weight excluding hydrogens is 588 g/mol. The van der Waals surface area contributed by atoms with Gasteiger partial charge in [-0.2, -0.15) is 0 Å². The number of rotatable bonds is 6. The second-order valence-corrected chi connectivity index (χ2v) is 13.1. The number of fused-ring (bicyclic) bond motifs is 2. The lowest BCUT2D eigenvalue weighted by atomic mass is 9.98. The molecule has 0 spiro atoms. The fraction of sp³-hybridized carbons (Fsp3) is 0.529. The van der Waals surface area contributed by atoms with E-state index in [0.29, 0.717) is 56.2 Å². The molecule has 4 aromatic rings. The molecule has 0 radical (unpaired) electrons. The first-order chi connectivity index (χ1) is 22.3. The number of H-pyrrole nitrogens is 2. The molecule has 2 aromatic carbocycles. The highest BCUT2D eigenvalue weighted by Crippen LogP contribution is 2.27. The van der Waals surface area contributed by atoms with E-state index in [2.05, 4.69) is 14.9 Å². The summed E-state index contributed by atoms with van der Waals surface area (Å²) in [5, 5.41) is 0. The third-order valence-electron chi connectivity index (χ3n) is 10.1. The Morgan fingerprint density at radius 2 is 1.59 bits per heavy atom. The van der Waals surface area contributed by atoms with Crippen molar-refractivity contribution in [1.82, 2.24) is 29.2 Å². The summed E-state index contributed by atoms with van der Waals surface area (Å²) < 4.78 is 13.1. The van der Waals surface area contributed by atoms with E-state index in [4.69, 9.17) is 9.15 Å². The van der Waals surface area contributed by atoms with Crippen LogP contribution in [0.1, 0.15) is 62.1 Å². The van der Waals surface area contributed by atoms with Crippen molar-refractivity contribution >= 4 is 34.1 Å². The molecule has 46 heavy (non-hydrogen) atoms. The summed E-state index contributed by atoms with van der Waals surface area (Å²) in [6, 6.07) is 11.7. The zero-order valence-corrected chi connectivity index (χ0v) is 26.3. The summed E-state index contributed by atoms with van der Waals surface area (Å²) >= 11 is 0. The van der Waals surface area contributed by atoms with Gasteiger partial charge in [-0.25, -0.2) is 14.4 Å². The Morgan fingerprint density at radius 1 is 0.891 bits per heavy atom. The number of amides is 2. The summed E-state index contributed by atoms with van der Waals surface area (Å²) in [6.45, 7) is 6.21. The van der Waals surface area contributed by atoms with E-state index in [-0.39, 0.29) is 24.1 Å². The summed E-state index contributed by atoms with van der Waals surface area (Å²) in [4.78, 5) is 63.9. The van der Waals surface area contributed by atoms with Crippen LogP contribution in [0.5, 0.6) is 0 Å². The van der Waals surface area contributed by atoms with E-state index in [0.717, 1.165) is 48.1 Å². The van der Waals surface area contributed by atoms with Gasteiger partial charge in [-0.3, -0.25) is 14.3 Å². The molecule has 2 amide bonds. The third-order valence-corrected chi connectivity index (χ3v) is 10.1. The van der Waals surface area contributed by atoms with Crippen LogP contribution in [0.25, 0.3) is 22.1 Å². The van der Waals surface area contributed by atoms with Gasteiger partial charge in [0.05, 0.1) is 16.6 Å². The molecule has 244 valence electrons. The molecule has 12 heteroatoms. The van der Waals surface area contributed by atoms with Crippen molar-refractivity contribution in [3.8, 4) is 0 Å². The van der Waals surface area contributed by atoms with E-state index in [1.807, 2.05) is 42.2 Å². The number of piperidine rings is 3. The second-order valence-electron chi connectivity index (χ2n) is 13.1. The van der Waals surface area contributed by atoms with Crippen molar-refractivity contribution in [3.05, 3.63) is 68.6 Å². The number of hydrogen-bond acceptors (Lipinski definition) is 7. The topological polar surface area (TPSA) is 137 Å². The first-order valence-corrected chi connectivity index (χ1v) is 16.6. The monoisotopic (exact) mass is 630 g/mol. The maximum absolute atomic E-state index is 14.0. The van der Waals surface area contributed by atoms with E-state index >= 15 is 0 Å². The summed E-state index contributed by atoms with van der Waals surface area (Å²) in [5.41, 5.74) is 4.09. The number of nitrogens with zero attached hydrogens (tertiary/aromatic N) is 4. The minimum atomic E-state index is -1.02. The first kappa shape index (κ1) is 30.3. The fourth-order valence-corrected chi connectivity index (χ4v) is 7.68. The number of hydrogen-bond donors (Lipinski definition) is 2. The number of aromatic amines is 2. The lowest BCUT2D eigenvalue weighted by Gasteiger charge is -2.41. The van der Waals surface area contributed by atoms with Crippen LogP contribution in [-0.2, 0) is 16.0 Å². The molecule has 0 saturated carbocycles. The van der Waals surface area contributed by atoms with Crippen molar-refractivity contribution in [2.24, 2.45) is 0 Å². The van der Waals surface area contributed by atoms with Crippen molar-refractivity contribution in [1.29, 1.82) is 0 Å². The molecular formula is C34H42N6O6. The molecule has 2 aromatic heterocycles. The number of aryl methyl sites for hydroxylation is 1. The summed E-state index contributed by atoms with van der Waals surface area (Å²) in [5.74, 6) is -0.733. The molecule has 0 bridgehead atoms. The first-order valence-electron chi connectivity index (χ1n) is 16.6. The Labute approximate surface area is 266 Å². The van der Waals surface area contributed by atoms with Crippen LogP contribution in [-0.4, -0.2) is 92.6 Å². The van der Waals surface area contributed by atoms with Gasteiger partial charge in [0, 0.05) is 44.7 Å². The normalized spacial score (nSPS) is 19.6. The predicted octanol–water partition coefficient (Wildman–Crippen LogP) is 3.93. The Kier molecular flexibility index (Phi) is 8.46. The van der Waals surface area contributed by atoms with Crippen LogP contribution in [0.2, 0.25) is 0 Å². The molecule has 1 atom stereocenters. The van der Waals surface area contributed by atoms with Crippen molar-refractivity contribution in [3.63, 3.8) is 0 Å². The molecule has 3 aliphatic heterocycles. The van der Waals surface area contributed by atoms with E-state index < -0.39 is 18.0 Å². The fourth-order valence-electron chi connectivity index (χ4n) is 7.68. The molecule has 3 fully saturated rings. The van der Waals surface area contributed by atoms with Gasteiger partial charge in [-0.15, -0.1) is 0 Å². The lowest BCUT2D eigenvalue weighted by molar-refractivity contribution is -0.142. The highest BCUT2D eigenvalue weighted by molar-refractivity contribution is 5.84. The number of ether oxygens (including phenoxy) is 1. The van der Waals surface area contributed by atoms with Gasteiger partial charge >= 0.3 is 17.5 Å². The molecule has 3 saturated heterocycles. The maximum atomic E-state index is 14.0. The smallest absolute Gasteiger partial charge is 0.417 e. The Morgan fingerprint density at radius 3 is 2.35 bits per heavy atom. The minimum Gasteiger partial charge on any atom is -0.436 e. The highest BCUT2D eigenvalue weighted by atomic mass is 16.6.